The van der Waals surface area contributed by atoms with Crippen LogP contribution in [0.3, 0.4) is 0 Å². The fourth-order valence-corrected chi connectivity index (χ4v) is 2.89. The van der Waals surface area contributed by atoms with Gasteiger partial charge in [-0.1, -0.05) is 22.6 Å². The average Bonchev–Trinajstić information content (AvgIpc) is 3.20. The molecule has 0 N–H and O–H groups in total. The lowest BCUT2D eigenvalue weighted by molar-refractivity contribution is 0.0442. The van der Waals surface area contributed by atoms with Crippen LogP contribution >= 0.6 is 22.6 Å². The molecule has 1 fully saturated rings. The molecule has 1 aromatic heterocycles. The zero-order chi connectivity index (χ0) is 11.8. The third-order valence-electron chi connectivity index (χ3n) is 3.46. The van der Waals surface area contributed by atoms with E-state index in [0.717, 1.165) is 16.7 Å². The second-order valence-corrected chi connectivity index (χ2v) is 5.64. The molecule has 1 atom stereocenters. The molecule has 0 bridgehead atoms. The molecule has 1 saturated carbocycles. The van der Waals surface area contributed by atoms with Crippen LogP contribution in [0.1, 0.15) is 35.6 Å². The van der Waals surface area contributed by atoms with E-state index in [2.05, 4.69) is 33.6 Å². The van der Waals surface area contributed by atoms with Crippen LogP contribution in [0.4, 0.5) is 0 Å². The number of ether oxygens (including phenoxy) is 2. The van der Waals surface area contributed by atoms with Crippen LogP contribution in [0, 0.1) is 0 Å². The molecule has 2 aliphatic rings. The second kappa shape index (κ2) is 4.72. The van der Waals surface area contributed by atoms with Crippen molar-refractivity contribution >= 4 is 22.6 Å². The zero-order valence-electron chi connectivity index (χ0n) is 9.91. The summed E-state index contributed by atoms with van der Waals surface area (Å²) in [7, 11) is 1.72. The quantitative estimate of drug-likeness (QED) is 0.624. The fourth-order valence-electron chi connectivity index (χ4n) is 2.33. The van der Waals surface area contributed by atoms with Gasteiger partial charge in [0.25, 0.3) is 0 Å². The van der Waals surface area contributed by atoms with Gasteiger partial charge in [0.1, 0.15) is 0 Å². The first-order valence-electron chi connectivity index (χ1n) is 6.06. The topological polar surface area (TPSA) is 31.4 Å². The zero-order valence-corrected chi connectivity index (χ0v) is 12.1. The largest absolute Gasteiger partial charge is 0.481 e. The van der Waals surface area contributed by atoms with E-state index in [1.165, 1.54) is 29.7 Å². The standard InChI is InChI=1S/C13H16INO2/c1-16-13-11(8-2-3-8)4-9-7-17-10(6-14)5-12(9)15-13/h4,8,10H,2-3,5-7H2,1H3. The maximum absolute atomic E-state index is 5.79. The monoisotopic (exact) mass is 345 g/mol. The van der Waals surface area contributed by atoms with Crippen LogP contribution < -0.4 is 4.74 Å². The molecule has 1 unspecified atom stereocenters. The van der Waals surface area contributed by atoms with Gasteiger partial charge >= 0.3 is 0 Å². The normalized spacial score (nSPS) is 23.3. The highest BCUT2D eigenvalue weighted by atomic mass is 127. The minimum absolute atomic E-state index is 0.312. The molecule has 17 heavy (non-hydrogen) atoms. The van der Waals surface area contributed by atoms with Gasteiger partial charge in [-0.15, -0.1) is 0 Å². The molecule has 4 heteroatoms. The summed E-state index contributed by atoms with van der Waals surface area (Å²) in [4.78, 5) is 4.69. The first kappa shape index (κ1) is 11.7. The summed E-state index contributed by atoms with van der Waals surface area (Å²) in [5.41, 5.74) is 3.70. The molecule has 3 nitrogen and oxygen atoms in total. The van der Waals surface area contributed by atoms with E-state index in [9.17, 15) is 0 Å². The number of fused-ring (bicyclic) bond motifs is 1. The number of methoxy groups -OCH3 is 1. The molecule has 0 saturated heterocycles. The van der Waals surface area contributed by atoms with Gasteiger partial charge in [-0.05, 0) is 30.4 Å². The Morgan fingerprint density at radius 1 is 1.53 bits per heavy atom. The molecule has 2 heterocycles. The van der Waals surface area contributed by atoms with Gasteiger partial charge in [-0.3, -0.25) is 0 Å². The number of hydrogen-bond acceptors (Lipinski definition) is 3. The van der Waals surface area contributed by atoms with Gasteiger partial charge in [-0.25, -0.2) is 4.98 Å². The molecule has 92 valence electrons. The Hall–Kier alpha value is -0.360. The lowest BCUT2D eigenvalue weighted by atomic mass is 10.0. The van der Waals surface area contributed by atoms with Gasteiger partial charge in [0, 0.05) is 16.4 Å². The van der Waals surface area contributed by atoms with Crippen molar-refractivity contribution in [3.05, 3.63) is 22.9 Å². The molecule has 0 amide bonds. The van der Waals surface area contributed by atoms with Crippen LogP contribution in [0.2, 0.25) is 0 Å². The molecule has 1 aliphatic carbocycles. The summed E-state index contributed by atoms with van der Waals surface area (Å²) >= 11 is 2.37. The average molecular weight is 345 g/mol. The summed E-state index contributed by atoms with van der Waals surface area (Å²) in [6.07, 6.45) is 3.77. The molecular formula is C13H16INO2. The van der Waals surface area contributed by atoms with Crippen LogP contribution in [0.25, 0.3) is 0 Å². The van der Waals surface area contributed by atoms with Crippen molar-refractivity contribution in [3.63, 3.8) is 0 Å². The first-order valence-corrected chi connectivity index (χ1v) is 7.58. The van der Waals surface area contributed by atoms with Gasteiger partial charge in [0.05, 0.1) is 25.5 Å². The number of hydrogen-bond donors (Lipinski definition) is 0. The van der Waals surface area contributed by atoms with Crippen LogP contribution in [-0.4, -0.2) is 22.6 Å². The van der Waals surface area contributed by atoms with E-state index in [1.807, 2.05) is 0 Å². The summed E-state index contributed by atoms with van der Waals surface area (Å²) < 4.78 is 12.2. The maximum atomic E-state index is 5.79. The SMILES string of the molecule is COc1nc2c(cc1C1CC1)COC(CI)C2. The number of rotatable bonds is 3. The minimum atomic E-state index is 0.312. The second-order valence-electron chi connectivity index (χ2n) is 4.76. The predicted molar refractivity (Wildman–Crippen MR) is 73.9 cm³/mol. The number of alkyl halides is 1. The lowest BCUT2D eigenvalue weighted by Crippen LogP contribution is -2.25. The molecule has 0 radical (unpaired) electrons. The summed E-state index contributed by atoms with van der Waals surface area (Å²) in [6.45, 7) is 0.708. The van der Waals surface area contributed by atoms with Crippen LogP contribution in [0.15, 0.2) is 6.07 Å². The number of pyridine rings is 1. The molecule has 0 spiro atoms. The van der Waals surface area contributed by atoms with E-state index in [4.69, 9.17) is 9.47 Å². The van der Waals surface area contributed by atoms with Crippen molar-refractivity contribution in [2.24, 2.45) is 0 Å². The predicted octanol–water partition coefficient (Wildman–Crippen LogP) is 2.84. The summed E-state index contributed by atoms with van der Waals surface area (Å²) in [5, 5.41) is 0. The van der Waals surface area contributed by atoms with Crippen LogP contribution in [-0.2, 0) is 17.8 Å². The Kier molecular flexibility index (Phi) is 3.25. The van der Waals surface area contributed by atoms with Crippen molar-refractivity contribution in [2.45, 2.75) is 37.9 Å². The van der Waals surface area contributed by atoms with Gasteiger partial charge in [0.2, 0.25) is 5.88 Å². The van der Waals surface area contributed by atoms with Gasteiger partial charge in [-0.2, -0.15) is 0 Å². The van der Waals surface area contributed by atoms with E-state index in [-0.39, 0.29) is 0 Å². The Morgan fingerprint density at radius 2 is 2.35 bits per heavy atom. The van der Waals surface area contributed by atoms with E-state index >= 15 is 0 Å². The number of nitrogens with zero attached hydrogens (tertiary/aromatic N) is 1. The van der Waals surface area contributed by atoms with Crippen molar-refractivity contribution in [1.82, 2.24) is 4.98 Å². The summed E-state index contributed by atoms with van der Waals surface area (Å²) in [6, 6.07) is 2.25. The van der Waals surface area contributed by atoms with Crippen LogP contribution in [0.5, 0.6) is 5.88 Å². The Morgan fingerprint density at radius 3 is 3.00 bits per heavy atom. The van der Waals surface area contributed by atoms with Gasteiger partial charge in [0.15, 0.2) is 0 Å². The third kappa shape index (κ3) is 2.29. The smallest absolute Gasteiger partial charge is 0.216 e. The molecule has 0 aromatic carbocycles. The first-order chi connectivity index (χ1) is 8.31. The molecule has 1 aliphatic heterocycles. The van der Waals surface area contributed by atoms with Gasteiger partial charge < -0.3 is 9.47 Å². The molecule has 1 aromatic rings. The third-order valence-corrected chi connectivity index (χ3v) is 4.44. The van der Waals surface area contributed by atoms with Crippen molar-refractivity contribution in [1.29, 1.82) is 0 Å². The highest BCUT2D eigenvalue weighted by Crippen LogP contribution is 2.44. The molecule has 3 rings (SSSR count). The van der Waals surface area contributed by atoms with Crippen molar-refractivity contribution in [3.8, 4) is 5.88 Å². The van der Waals surface area contributed by atoms with E-state index in [0.29, 0.717) is 18.6 Å². The number of halogens is 1. The Bertz CT molecular complexity index is 432. The number of aromatic nitrogens is 1. The highest BCUT2D eigenvalue weighted by molar-refractivity contribution is 14.1. The highest BCUT2D eigenvalue weighted by Gasteiger charge is 2.30. The van der Waals surface area contributed by atoms with E-state index in [1.54, 1.807) is 7.11 Å². The summed E-state index contributed by atoms with van der Waals surface area (Å²) in [5.74, 6) is 1.51. The Balaban J connectivity index is 1.96. The Labute approximate surface area is 115 Å². The lowest BCUT2D eigenvalue weighted by Gasteiger charge is -2.24. The van der Waals surface area contributed by atoms with Crippen molar-refractivity contribution in [2.75, 3.05) is 11.5 Å². The van der Waals surface area contributed by atoms with E-state index < -0.39 is 0 Å². The molecular weight excluding hydrogens is 329 g/mol. The van der Waals surface area contributed by atoms with Crippen molar-refractivity contribution < 1.29 is 9.47 Å². The fraction of sp³-hybridized carbons (Fsp3) is 0.615. The minimum Gasteiger partial charge on any atom is -0.481 e. The maximum Gasteiger partial charge on any atom is 0.216 e.